The molecule has 2 heterocycles. The van der Waals surface area contributed by atoms with Crippen LogP contribution in [0.5, 0.6) is 0 Å². The Morgan fingerprint density at radius 2 is 1.67 bits per heavy atom. The summed E-state index contributed by atoms with van der Waals surface area (Å²) < 4.78 is 39.5. The van der Waals surface area contributed by atoms with Gasteiger partial charge in [0, 0.05) is 5.56 Å². The van der Waals surface area contributed by atoms with Crippen LogP contribution < -0.4 is 0 Å². The zero-order valence-corrected chi connectivity index (χ0v) is 10.6. The first-order valence-electron chi connectivity index (χ1n) is 6.06. The summed E-state index contributed by atoms with van der Waals surface area (Å²) in [6, 6.07) is 12.8. The lowest BCUT2D eigenvalue weighted by Crippen LogP contribution is -2.11. The Hall–Kier alpha value is -2.70. The minimum atomic E-state index is -4.50. The molecule has 0 spiro atoms. The molecule has 0 radical (unpaired) electrons. The smallest absolute Gasteiger partial charge is 0.224 e. The SMILES string of the molecule is FC(F)(F)c1cccc(-n2nncc2-c2ccccc2)n1. The van der Waals surface area contributed by atoms with Crippen LogP contribution in [0.2, 0.25) is 0 Å². The number of rotatable bonds is 2. The molecule has 0 atom stereocenters. The van der Waals surface area contributed by atoms with E-state index in [4.69, 9.17) is 0 Å². The van der Waals surface area contributed by atoms with Gasteiger partial charge in [0.05, 0.1) is 11.9 Å². The van der Waals surface area contributed by atoms with Gasteiger partial charge in [-0.25, -0.2) is 4.98 Å². The minimum Gasteiger partial charge on any atom is -0.224 e. The maximum Gasteiger partial charge on any atom is 0.433 e. The molecule has 0 saturated heterocycles. The molecule has 0 saturated carbocycles. The van der Waals surface area contributed by atoms with E-state index in [9.17, 15) is 13.2 Å². The topological polar surface area (TPSA) is 43.6 Å². The predicted octanol–water partition coefficient (Wildman–Crippen LogP) is 3.35. The molecule has 0 N–H and O–H groups in total. The van der Waals surface area contributed by atoms with Crippen molar-refractivity contribution in [1.29, 1.82) is 0 Å². The Balaban J connectivity index is 2.09. The van der Waals surface area contributed by atoms with Gasteiger partial charge in [0.15, 0.2) is 5.82 Å². The van der Waals surface area contributed by atoms with Crippen LogP contribution in [0.4, 0.5) is 13.2 Å². The van der Waals surface area contributed by atoms with Crippen LogP contribution >= 0.6 is 0 Å². The molecule has 0 fully saturated rings. The molecular weight excluding hydrogens is 281 g/mol. The molecule has 2 aromatic heterocycles. The van der Waals surface area contributed by atoms with Gasteiger partial charge in [-0.05, 0) is 12.1 Å². The zero-order chi connectivity index (χ0) is 14.9. The summed E-state index contributed by atoms with van der Waals surface area (Å²) in [7, 11) is 0. The van der Waals surface area contributed by atoms with Crippen LogP contribution in [0, 0.1) is 0 Å². The van der Waals surface area contributed by atoms with Crippen molar-refractivity contribution >= 4 is 0 Å². The van der Waals surface area contributed by atoms with Gasteiger partial charge in [-0.2, -0.15) is 17.9 Å². The first-order chi connectivity index (χ1) is 10.1. The van der Waals surface area contributed by atoms with Crippen molar-refractivity contribution in [3.05, 3.63) is 60.4 Å². The molecule has 3 rings (SSSR count). The van der Waals surface area contributed by atoms with E-state index in [2.05, 4.69) is 15.3 Å². The third-order valence-electron chi connectivity index (χ3n) is 2.86. The Kier molecular flexibility index (Phi) is 3.17. The number of halogens is 3. The van der Waals surface area contributed by atoms with Crippen LogP contribution in [0.1, 0.15) is 5.69 Å². The second-order valence-electron chi connectivity index (χ2n) is 4.28. The lowest BCUT2D eigenvalue weighted by atomic mass is 10.2. The average molecular weight is 290 g/mol. The molecule has 0 unspecified atom stereocenters. The molecular formula is C14H9F3N4. The second-order valence-corrected chi connectivity index (χ2v) is 4.28. The van der Waals surface area contributed by atoms with E-state index in [0.717, 1.165) is 11.6 Å². The van der Waals surface area contributed by atoms with E-state index >= 15 is 0 Å². The monoisotopic (exact) mass is 290 g/mol. The molecule has 3 aromatic rings. The average Bonchev–Trinajstić information content (AvgIpc) is 2.97. The standard InChI is InChI=1S/C14H9F3N4/c15-14(16,17)12-7-4-8-13(19-12)21-11(9-18-20-21)10-5-2-1-3-6-10/h1-9H. The summed E-state index contributed by atoms with van der Waals surface area (Å²) in [6.07, 6.45) is -3.01. The zero-order valence-electron chi connectivity index (χ0n) is 10.6. The van der Waals surface area contributed by atoms with Crippen LogP contribution in [0.25, 0.3) is 17.1 Å². The van der Waals surface area contributed by atoms with Crippen LogP contribution in [0.15, 0.2) is 54.7 Å². The highest BCUT2D eigenvalue weighted by atomic mass is 19.4. The first-order valence-corrected chi connectivity index (χ1v) is 6.06. The van der Waals surface area contributed by atoms with Crippen molar-refractivity contribution in [2.75, 3.05) is 0 Å². The molecule has 0 aliphatic heterocycles. The number of aromatic nitrogens is 4. The largest absolute Gasteiger partial charge is 0.433 e. The Morgan fingerprint density at radius 3 is 2.38 bits per heavy atom. The van der Waals surface area contributed by atoms with E-state index in [1.807, 2.05) is 30.3 Å². The summed E-state index contributed by atoms with van der Waals surface area (Å²) in [5.41, 5.74) is 0.402. The third-order valence-corrected chi connectivity index (χ3v) is 2.86. The van der Waals surface area contributed by atoms with Gasteiger partial charge >= 0.3 is 6.18 Å². The summed E-state index contributed by atoms with van der Waals surface area (Å²) in [5.74, 6) is 0.0705. The fourth-order valence-corrected chi connectivity index (χ4v) is 1.91. The predicted molar refractivity (Wildman–Crippen MR) is 69.6 cm³/mol. The van der Waals surface area contributed by atoms with Crippen LogP contribution in [0.3, 0.4) is 0 Å². The fourth-order valence-electron chi connectivity index (χ4n) is 1.91. The van der Waals surface area contributed by atoms with Gasteiger partial charge in [-0.3, -0.25) is 0 Å². The number of hydrogen-bond donors (Lipinski definition) is 0. The summed E-state index contributed by atoms with van der Waals surface area (Å²) in [6.45, 7) is 0. The van der Waals surface area contributed by atoms with E-state index < -0.39 is 11.9 Å². The molecule has 4 nitrogen and oxygen atoms in total. The van der Waals surface area contributed by atoms with Crippen LogP contribution in [-0.4, -0.2) is 20.0 Å². The van der Waals surface area contributed by atoms with Crippen molar-refractivity contribution in [2.24, 2.45) is 0 Å². The van der Waals surface area contributed by atoms with E-state index in [1.165, 1.54) is 23.0 Å². The van der Waals surface area contributed by atoms with Crippen molar-refractivity contribution in [1.82, 2.24) is 20.0 Å². The molecule has 1 aromatic carbocycles. The van der Waals surface area contributed by atoms with Gasteiger partial charge in [0.1, 0.15) is 5.69 Å². The van der Waals surface area contributed by atoms with E-state index in [-0.39, 0.29) is 5.82 Å². The highest BCUT2D eigenvalue weighted by Gasteiger charge is 2.32. The maximum absolute atomic E-state index is 12.7. The number of nitrogens with zero attached hydrogens (tertiary/aromatic N) is 4. The molecule has 0 aliphatic rings. The number of alkyl halides is 3. The third kappa shape index (κ3) is 2.62. The number of benzene rings is 1. The molecule has 7 heteroatoms. The molecule has 106 valence electrons. The summed E-state index contributed by atoms with van der Waals surface area (Å²) >= 11 is 0. The number of hydrogen-bond acceptors (Lipinski definition) is 3. The fraction of sp³-hybridized carbons (Fsp3) is 0.0714. The van der Waals surface area contributed by atoms with Gasteiger partial charge in [0.25, 0.3) is 0 Å². The van der Waals surface area contributed by atoms with Crippen LogP contribution in [-0.2, 0) is 6.18 Å². The quantitative estimate of drug-likeness (QED) is 0.727. The Morgan fingerprint density at radius 1 is 0.905 bits per heavy atom. The molecule has 0 aliphatic carbocycles. The van der Waals surface area contributed by atoms with Gasteiger partial charge < -0.3 is 0 Å². The molecule has 0 bridgehead atoms. The van der Waals surface area contributed by atoms with Crippen molar-refractivity contribution in [2.45, 2.75) is 6.18 Å². The van der Waals surface area contributed by atoms with Crippen molar-refractivity contribution < 1.29 is 13.2 Å². The normalized spacial score (nSPS) is 11.6. The molecule has 21 heavy (non-hydrogen) atoms. The van der Waals surface area contributed by atoms with Gasteiger partial charge in [-0.15, -0.1) is 5.10 Å². The summed E-state index contributed by atoms with van der Waals surface area (Å²) in [5, 5.41) is 7.58. The van der Waals surface area contributed by atoms with E-state index in [1.54, 1.807) is 0 Å². The molecule has 0 amide bonds. The lowest BCUT2D eigenvalue weighted by Gasteiger charge is -2.09. The Bertz CT molecular complexity index is 750. The van der Waals surface area contributed by atoms with E-state index in [0.29, 0.717) is 5.69 Å². The van der Waals surface area contributed by atoms with Crippen molar-refractivity contribution in [3.63, 3.8) is 0 Å². The maximum atomic E-state index is 12.7. The minimum absolute atomic E-state index is 0.0705. The second kappa shape index (κ2) is 5.01. The lowest BCUT2D eigenvalue weighted by molar-refractivity contribution is -0.141. The summed E-state index contributed by atoms with van der Waals surface area (Å²) in [4.78, 5) is 3.61. The number of pyridine rings is 1. The highest BCUT2D eigenvalue weighted by molar-refractivity contribution is 5.60. The van der Waals surface area contributed by atoms with Crippen molar-refractivity contribution in [3.8, 4) is 17.1 Å². The Labute approximate surface area is 117 Å². The van der Waals surface area contributed by atoms with Gasteiger partial charge in [0.2, 0.25) is 0 Å². The van der Waals surface area contributed by atoms with Gasteiger partial charge in [-0.1, -0.05) is 41.6 Å². The first kappa shape index (κ1) is 13.3. The highest BCUT2D eigenvalue weighted by Crippen LogP contribution is 2.28.